The molecule has 2 aromatic rings. The molecule has 1 saturated carbocycles. The number of hydrogen-bond acceptors (Lipinski definition) is 3. The Morgan fingerprint density at radius 2 is 1.62 bits per heavy atom. The Balaban J connectivity index is 1.57. The Morgan fingerprint density at radius 1 is 0.923 bits per heavy atom. The fourth-order valence-corrected chi connectivity index (χ4v) is 3.93. The first-order chi connectivity index (χ1) is 12.8. The van der Waals surface area contributed by atoms with Gasteiger partial charge in [-0.2, -0.15) is 0 Å². The van der Waals surface area contributed by atoms with Crippen molar-refractivity contribution in [1.29, 1.82) is 0 Å². The molecule has 1 fully saturated rings. The molecule has 1 aliphatic carbocycles. The van der Waals surface area contributed by atoms with Crippen molar-refractivity contribution in [3.05, 3.63) is 42.2 Å². The molecule has 0 atom stereocenters. The number of rotatable bonds is 8. The van der Waals surface area contributed by atoms with Gasteiger partial charge >= 0.3 is 0 Å². The molecule has 1 aliphatic rings. The summed E-state index contributed by atoms with van der Waals surface area (Å²) >= 11 is 0. The predicted molar refractivity (Wildman–Crippen MR) is 107 cm³/mol. The van der Waals surface area contributed by atoms with Crippen LogP contribution >= 0.6 is 0 Å². The van der Waals surface area contributed by atoms with Gasteiger partial charge in [-0.25, -0.2) is 9.97 Å². The summed E-state index contributed by atoms with van der Waals surface area (Å²) in [6.07, 6.45) is 14.3. The Bertz CT molecular complexity index is 643. The van der Waals surface area contributed by atoms with Gasteiger partial charge in [0.2, 0.25) is 0 Å². The lowest BCUT2D eigenvalue weighted by atomic mass is 9.78. The van der Waals surface area contributed by atoms with Crippen molar-refractivity contribution in [2.75, 3.05) is 6.61 Å². The molecule has 0 amide bonds. The number of nitrogens with zero attached hydrogens (tertiary/aromatic N) is 2. The summed E-state index contributed by atoms with van der Waals surface area (Å²) in [5.41, 5.74) is 2.36. The third kappa shape index (κ3) is 5.06. The predicted octanol–water partition coefficient (Wildman–Crippen LogP) is 6.40. The van der Waals surface area contributed by atoms with E-state index in [1.165, 1.54) is 44.1 Å². The first-order valence-electron chi connectivity index (χ1n) is 10.3. The zero-order valence-corrected chi connectivity index (χ0v) is 16.3. The van der Waals surface area contributed by atoms with Gasteiger partial charge in [-0.1, -0.05) is 33.1 Å². The van der Waals surface area contributed by atoms with E-state index in [0.717, 1.165) is 42.5 Å². The molecule has 0 radical (unpaired) electrons. The van der Waals surface area contributed by atoms with E-state index in [1.54, 1.807) is 0 Å². The largest absolute Gasteiger partial charge is 0.494 e. The van der Waals surface area contributed by atoms with Crippen molar-refractivity contribution in [1.82, 2.24) is 9.97 Å². The lowest BCUT2D eigenvalue weighted by Gasteiger charge is -2.28. The number of aromatic nitrogens is 2. The van der Waals surface area contributed by atoms with E-state index in [9.17, 15) is 0 Å². The molecular weight excluding hydrogens is 320 g/mol. The summed E-state index contributed by atoms with van der Waals surface area (Å²) in [6.45, 7) is 5.24. The molecule has 0 bridgehead atoms. The summed E-state index contributed by atoms with van der Waals surface area (Å²) in [5, 5.41) is 0. The topological polar surface area (TPSA) is 35.0 Å². The standard InChI is InChI=1S/C23H32N2O/c1-3-5-15-26-22-13-11-20(12-14-22)23-24-16-21(17-25-23)19-9-7-18(6-4-2)8-10-19/h11-14,16-19H,3-10,15H2,1-2H3/t18-,19-. The van der Waals surface area contributed by atoms with E-state index in [-0.39, 0.29) is 0 Å². The Kier molecular flexibility index (Phi) is 7.04. The van der Waals surface area contributed by atoms with Gasteiger partial charge in [0, 0.05) is 18.0 Å². The highest BCUT2D eigenvalue weighted by Gasteiger charge is 2.22. The maximum atomic E-state index is 5.72. The van der Waals surface area contributed by atoms with Gasteiger partial charge in [-0.15, -0.1) is 0 Å². The lowest BCUT2D eigenvalue weighted by Crippen LogP contribution is -2.13. The van der Waals surface area contributed by atoms with Crippen LogP contribution in [-0.4, -0.2) is 16.6 Å². The summed E-state index contributed by atoms with van der Waals surface area (Å²) in [6, 6.07) is 8.12. The summed E-state index contributed by atoms with van der Waals surface area (Å²) in [7, 11) is 0. The molecule has 0 N–H and O–H groups in total. The van der Waals surface area contributed by atoms with Gasteiger partial charge in [0.1, 0.15) is 5.75 Å². The number of unbranched alkanes of at least 4 members (excludes halogenated alkanes) is 1. The van der Waals surface area contributed by atoms with E-state index in [4.69, 9.17) is 4.74 Å². The quantitative estimate of drug-likeness (QED) is 0.516. The Hall–Kier alpha value is -1.90. The van der Waals surface area contributed by atoms with E-state index in [0.29, 0.717) is 5.92 Å². The second-order valence-electron chi connectivity index (χ2n) is 7.57. The first-order valence-corrected chi connectivity index (χ1v) is 10.3. The van der Waals surface area contributed by atoms with Gasteiger partial charge in [0.15, 0.2) is 5.82 Å². The van der Waals surface area contributed by atoms with Crippen molar-refractivity contribution in [3.63, 3.8) is 0 Å². The van der Waals surface area contributed by atoms with Crippen LogP contribution in [0, 0.1) is 5.92 Å². The first kappa shape index (κ1) is 18.9. The number of hydrogen-bond donors (Lipinski definition) is 0. The molecule has 0 spiro atoms. The van der Waals surface area contributed by atoms with Crippen LogP contribution in [0.25, 0.3) is 11.4 Å². The zero-order valence-electron chi connectivity index (χ0n) is 16.3. The summed E-state index contributed by atoms with van der Waals surface area (Å²) in [4.78, 5) is 9.27. The Labute approximate surface area is 158 Å². The van der Waals surface area contributed by atoms with Crippen LogP contribution in [0.15, 0.2) is 36.7 Å². The molecular formula is C23H32N2O. The molecule has 3 heteroatoms. The average molecular weight is 353 g/mol. The van der Waals surface area contributed by atoms with Crippen LogP contribution in [0.1, 0.15) is 76.7 Å². The van der Waals surface area contributed by atoms with Crippen LogP contribution in [0.4, 0.5) is 0 Å². The molecule has 3 rings (SSSR count). The van der Waals surface area contributed by atoms with Crippen LogP contribution < -0.4 is 4.74 Å². The normalized spacial score (nSPS) is 20.1. The van der Waals surface area contributed by atoms with Crippen LogP contribution in [0.2, 0.25) is 0 Å². The molecule has 0 unspecified atom stereocenters. The molecule has 1 heterocycles. The summed E-state index contributed by atoms with van der Waals surface area (Å²) < 4.78 is 5.72. The zero-order chi connectivity index (χ0) is 18.2. The molecule has 140 valence electrons. The van der Waals surface area contributed by atoms with Crippen molar-refractivity contribution >= 4 is 0 Å². The molecule has 3 nitrogen and oxygen atoms in total. The number of ether oxygens (including phenoxy) is 1. The molecule has 0 saturated heterocycles. The second-order valence-corrected chi connectivity index (χ2v) is 7.57. The highest BCUT2D eigenvalue weighted by atomic mass is 16.5. The van der Waals surface area contributed by atoms with Gasteiger partial charge < -0.3 is 4.74 Å². The highest BCUT2D eigenvalue weighted by molar-refractivity contribution is 5.56. The van der Waals surface area contributed by atoms with E-state index in [2.05, 4.69) is 23.8 Å². The van der Waals surface area contributed by atoms with E-state index in [1.807, 2.05) is 36.7 Å². The van der Waals surface area contributed by atoms with Crippen molar-refractivity contribution in [3.8, 4) is 17.1 Å². The smallest absolute Gasteiger partial charge is 0.159 e. The minimum Gasteiger partial charge on any atom is -0.494 e. The maximum absolute atomic E-state index is 5.72. The van der Waals surface area contributed by atoms with Crippen molar-refractivity contribution < 1.29 is 4.74 Å². The van der Waals surface area contributed by atoms with Crippen molar-refractivity contribution in [2.45, 2.75) is 71.1 Å². The second kappa shape index (κ2) is 9.70. The Morgan fingerprint density at radius 3 is 2.23 bits per heavy atom. The van der Waals surface area contributed by atoms with Gasteiger partial charge in [-0.3, -0.25) is 0 Å². The van der Waals surface area contributed by atoms with Gasteiger partial charge in [-0.05, 0) is 73.8 Å². The van der Waals surface area contributed by atoms with Gasteiger partial charge in [0.25, 0.3) is 0 Å². The SMILES string of the molecule is CCCCOc1ccc(-c2ncc([C@H]3CC[C@H](CCC)CC3)cn2)cc1. The lowest BCUT2D eigenvalue weighted by molar-refractivity contribution is 0.308. The molecule has 0 aliphatic heterocycles. The van der Waals surface area contributed by atoms with Gasteiger partial charge in [0.05, 0.1) is 6.61 Å². The van der Waals surface area contributed by atoms with Crippen LogP contribution in [0.3, 0.4) is 0 Å². The van der Waals surface area contributed by atoms with E-state index < -0.39 is 0 Å². The summed E-state index contributed by atoms with van der Waals surface area (Å²) in [5.74, 6) is 3.30. The minimum absolute atomic E-state index is 0.645. The van der Waals surface area contributed by atoms with E-state index >= 15 is 0 Å². The van der Waals surface area contributed by atoms with Crippen LogP contribution in [0.5, 0.6) is 5.75 Å². The third-order valence-corrected chi connectivity index (χ3v) is 5.57. The number of benzene rings is 1. The maximum Gasteiger partial charge on any atom is 0.159 e. The molecule has 1 aromatic carbocycles. The fraction of sp³-hybridized carbons (Fsp3) is 0.565. The fourth-order valence-electron chi connectivity index (χ4n) is 3.93. The third-order valence-electron chi connectivity index (χ3n) is 5.57. The minimum atomic E-state index is 0.645. The molecule has 1 aromatic heterocycles. The monoisotopic (exact) mass is 352 g/mol. The highest BCUT2D eigenvalue weighted by Crippen LogP contribution is 2.37. The average Bonchev–Trinajstić information content (AvgIpc) is 2.70. The molecule has 26 heavy (non-hydrogen) atoms. The van der Waals surface area contributed by atoms with Crippen LogP contribution in [-0.2, 0) is 0 Å². The van der Waals surface area contributed by atoms with Crippen molar-refractivity contribution in [2.24, 2.45) is 5.92 Å².